The summed E-state index contributed by atoms with van der Waals surface area (Å²) in [5.74, 6) is -0.0222. The molecular weight excluding hydrogens is 328 g/mol. The first-order valence-electron chi connectivity index (χ1n) is 9.83. The lowest BCUT2D eigenvalue weighted by molar-refractivity contribution is -0.139. The normalized spacial score (nSPS) is 22.8. The molecule has 5 nitrogen and oxygen atoms in total. The molecule has 1 aromatic carbocycles. The molecule has 0 saturated heterocycles. The van der Waals surface area contributed by atoms with E-state index in [1.54, 1.807) is 18.7 Å². The highest BCUT2D eigenvalue weighted by molar-refractivity contribution is 5.79. The average Bonchev–Trinajstić information content (AvgIpc) is 2.60. The number of carbonyl (C=O) groups excluding carboxylic acids is 1. The fraction of sp³-hybridized carbons (Fsp3) is 0.667. The van der Waals surface area contributed by atoms with Crippen molar-refractivity contribution in [2.24, 2.45) is 0 Å². The van der Waals surface area contributed by atoms with Crippen molar-refractivity contribution in [3.05, 3.63) is 35.4 Å². The molecule has 3 rings (SSSR count). The molecule has 1 unspecified atom stereocenters. The Hall–Kier alpha value is -1.43. The Morgan fingerprint density at radius 2 is 1.96 bits per heavy atom. The summed E-state index contributed by atoms with van der Waals surface area (Å²) in [5, 5.41) is 24.5. The summed E-state index contributed by atoms with van der Waals surface area (Å²) >= 11 is 0. The van der Waals surface area contributed by atoms with Gasteiger partial charge in [-0.15, -0.1) is 0 Å². The van der Waals surface area contributed by atoms with Gasteiger partial charge >= 0.3 is 0 Å². The molecule has 1 heterocycles. The van der Waals surface area contributed by atoms with Crippen LogP contribution in [0.3, 0.4) is 0 Å². The maximum absolute atomic E-state index is 12.9. The van der Waals surface area contributed by atoms with Gasteiger partial charge in [0.15, 0.2) is 0 Å². The Labute approximate surface area is 156 Å². The second-order valence-corrected chi connectivity index (χ2v) is 8.48. The molecule has 1 atom stereocenters. The van der Waals surface area contributed by atoms with Crippen LogP contribution >= 0.6 is 0 Å². The third-order valence-electron chi connectivity index (χ3n) is 5.79. The lowest BCUT2D eigenvalue weighted by Gasteiger charge is -2.43. The molecule has 1 aliphatic heterocycles. The minimum absolute atomic E-state index is 0.0222. The van der Waals surface area contributed by atoms with Gasteiger partial charge in [-0.1, -0.05) is 43.5 Å². The van der Waals surface area contributed by atoms with Crippen molar-refractivity contribution in [2.45, 2.75) is 69.6 Å². The van der Waals surface area contributed by atoms with Crippen molar-refractivity contribution in [3.63, 3.8) is 0 Å². The van der Waals surface area contributed by atoms with Gasteiger partial charge in [-0.05, 0) is 44.2 Å². The zero-order valence-electron chi connectivity index (χ0n) is 16.0. The first-order chi connectivity index (χ1) is 12.3. The zero-order valence-corrected chi connectivity index (χ0v) is 16.0. The van der Waals surface area contributed by atoms with Crippen molar-refractivity contribution in [2.75, 3.05) is 19.6 Å². The van der Waals surface area contributed by atoms with Crippen LogP contribution in [0.5, 0.6) is 0 Å². The second kappa shape index (κ2) is 7.67. The molecule has 1 aliphatic carbocycles. The van der Waals surface area contributed by atoms with E-state index in [-0.39, 0.29) is 18.5 Å². The largest absolute Gasteiger partial charge is 0.389 e. The van der Waals surface area contributed by atoms with Crippen LogP contribution in [0, 0.1) is 0 Å². The molecule has 26 heavy (non-hydrogen) atoms. The molecule has 0 spiro atoms. The van der Waals surface area contributed by atoms with E-state index < -0.39 is 11.2 Å². The number of nitrogens with zero attached hydrogens (tertiary/aromatic N) is 1. The van der Waals surface area contributed by atoms with E-state index in [0.29, 0.717) is 13.1 Å². The Morgan fingerprint density at radius 1 is 1.27 bits per heavy atom. The summed E-state index contributed by atoms with van der Waals surface area (Å²) in [4.78, 5) is 14.7. The SMILES string of the molecule is CC(C)(O)C1c2ccccc2CCN1C(=O)CNCC1(O)CCCCC1. The van der Waals surface area contributed by atoms with Crippen LogP contribution < -0.4 is 5.32 Å². The molecule has 0 bridgehead atoms. The highest BCUT2D eigenvalue weighted by atomic mass is 16.3. The summed E-state index contributed by atoms with van der Waals surface area (Å²) in [6, 6.07) is 7.70. The first kappa shape index (κ1) is 19.3. The van der Waals surface area contributed by atoms with Gasteiger partial charge in [0.2, 0.25) is 5.91 Å². The van der Waals surface area contributed by atoms with E-state index in [4.69, 9.17) is 0 Å². The fourth-order valence-electron chi connectivity index (χ4n) is 4.49. The van der Waals surface area contributed by atoms with Gasteiger partial charge in [0, 0.05) is 13.1 Å². The van der Waals surface area contributed by atoms with Crippen LogP contribution in [0.2, 0.25) is 0 Å². The van der Waals surface area contributed by atoms with Gasteiger partial charge in [0.05, 0.1) is 23.8 Å². The van der Waals surface area contributed by atoms with Crippen LogP contribution in [0.25, 0.3) is 0 Å². The Balaban J connectivity index is 1.66. The highest BCUT2D eigenvalue weighted by Gasteiger charge is 2.39. The van der Waals surface area contributed by atoms with E-state index >= 15 is 0 Å². The van der Waals surface area contributed by atoms with Crippen LogP contribution in [-0.4, -0.2) is 51.9 Å². The molecule has 0 radical (unpaired) electrons. The van der Waals surface area contributed by atoms with Crippen LogP contribution in [0.4, 0.5) is 0 Å². The fourth-order valence-corrected chi connectivity index (χ4v) is 4.49. The minimum Gasteiger partial charge on any atom is -0.389 e. The first-order valence-corrected chi connectivity index (χ1v) is 9.83. The van der Waals surface area contributed by atoms with Gasteiger partial charge in [-0.3, -0.25) is 4.79 Å². The number of carbonyl (C=O) groups is 1. The van der Waals surface area contributed by atoms with Gasteiger partial charge in [-0.2, -0.15) is 0 Å². The van der Waals surface area contributed by atoms with E-state index in [1.807, 2.05) is 18.2 Å². The molecule has 1 fully saturated rings. The van der Waals surface area contributed by atoms with Gasteiger partial charge in [-0.25, -0.2) is 0 Å². The van der Waals surface area contributed by atoms with E-state index in [1.165, 1.54) is 12.0 Å². The van der Waals surface area contributed by atoms with Crippen LogP contribution in [0.15, 0.2) is 24.3 Å². The highest BCUT2D eigenvalue weighted by Crippen LogP contribution is 2.37. The predicted octanol–water partition coefficient (Wildman–Crippen LogP) is 2.17. The van der Waals surface area contributed by atoms with Gasteiger partial charge in [0.25, 0.3) is 0 Å². The van der Waals surface area contributed by atoms with E-state index in [9.17, 15) is 15.0 Å². The smallest absolute Gasteiger partial charge is 0.237 e. The number of hydrogen-bond donors (Lipinski definition) is 3. The molecule has 1 aromatic rings. The van der Waals surface area contributed by atoms with Crippen molar-refractivity contribution in [3.8, 4) is 0 Å². The standard InChI is InChI=1S/C21H32N2O3/c1-20(2,25)19-17-9-5-4-8-16(17)10-13-23(19)18(24)14-22-15-21(26)11-6-3-7-12-21/h4-5,8-9,19,22,25-26H,3,6-7,10-15H2,1-2H3. The topological polar surface area (TPSA) is 72.8 Å². The van der Waals surface area contributed by atoms with Crippen molar-refractivity contribution < 1.29 is 15.0 Å². The maximum Gasteiger partial charge on any atom is 0.237 e. The average molecular weight is 360 g/mol. The Bertz CT molecular complexity index is 632. The van der Waals surface area contributed by atoms with Crippen LogP contribution in [-0.2, 0) is 11.2 Å². The number of rotatable bonds is 5. The lowest BCUT2D eigenvalue weighted by atomic mass is 9.83. The monoisotopic (exact) mass is 360 g/mol. The number of nitrogens with one attached hydrogen (secondary N) is 1. The van der Waals surface area contributed by atoms with Crippen molar-refractivity contribution in [1.82, 2.24) is 10.2 Å². The molecular formula is C21H32N2O3. The number of hydrogen-bond acceptors (Lipinski definition) is 4. The lowest BCUT2D eigenvalue weighted by Crippen LogP contribution is -2.52. The number of fused-ring (bicyclic) bond motifs is 1. The van der Waals surface area contributed by atoms with E-state index in [2.05, 4.69) is 11.4 Å². The number of aliphatic hydroxyl groups is 2. The maximum atomic E-state index is 12.9. The molecule has 0 aromatic heterocycles. The third-order valence-corrected chi connectivity index (χ3v) is 5.79. The second-order valence-electron chi connectivity index (χ2n) is 8.48. The summed E-state index contributed by atoms with van der Waals surface area (Å²) in [5.41, 5.74) is 0.537. The molecule has 144 valence electrons. The number of amides is 1. The van der Waals surface area contributed by atoms with Crippen molar-refractivity contribution in [1.29, 1.82) is 0 Å². The summed E-state index contributed by atoms with van der Waals surface area (Å²) in [7, 11) is 0. The molecule has 1 amide bonds. The van der Waals surface area contributed by atoms with Gasteiger partial charge in [0.1, 0.15) is 0 Å². The predicted molar refractivity (Wildman–Crippen MR) is 102 cm³/mol. The zero-order chi connectivity index (χ0) is 18.8. The third kappa shape index (κ3) is 4.27. The van der Waals surface area contributed by atoms with Crippen LogP contribution in [0.1, 0.15) is 63.1 Å². The quantitative estimate of drug-likeness (QED) is 0.752. The van der Waals surface area contributed by atoms with E-state index in [0.717, 1.165) is 37.7 Å². The summed E-state index contributed by atoms with van der Waals surface area (Å²) < 4.78 is 0. The number of benzene rings is 1. The molecule has 3 N–H and O–H groups in total. The molecule has 1 saturated carbocycles. The molecule has 2 aliphatic rings. The van der Waals surface area contributed by atoms with Crippen molar-refractivity contribution >= 4 is 5.91 Å². The Morgan fingerprint density at radius 3 is 2.65 bits per heavy atom. The summed E-state index contributed by atoms with van der Waals surface area (Å²) in [6.07, 6.45) is 5.70. The van der Waals surface area contributed by atoms with Gasteiger partial charge < -0.3 is 20.4 Å². The Kier molecular flexibility index (Phi) is 5.70. The minimum atomic E-state index is -1.02. The summed E-state index contributed by atoms with van der Waals surface area (Å²) in [6.45, 7) is 4.78. The molecule has 5 heteroatoms.